The van der Waals surface area contributed by atoms with Crippen LogP contribution in [0.4, 0.5) is 0 Å². The van der Waals surface area contributed by atoms with Gasteiger partial charge in [-0.2, -0.15) is 5.26 Å². The van der Waals surface area contributed by atoms with Crippen LogP contribution in [0, 0.1) is 11.3 Å². The first-order valence-corrected chi connectivity index (χ1v) is 5.17. The van der Waals surface area contributed by atoms with Crippen LogP contribution in [-0.2, 0) is 0 Å². The van der Waals surface area contributed by atoms with Gasteiger partial charge in [-0.15, -0.1) is 0 Å². The summed E-state index contributed by atoms with van der Waals surface area (Å²) in [7, 11) is 1.56. The molecule has 0 heterocycles. The topological polar surface area (TPSA) is 62.1 Å². The zero-order valence-corrected chi connectivity index (χ0v) is 8.99. The highest BCUT2D eigenvalue weighted by atomic mass is 16.5. The molecule has 1 amide bonds. The number of hydrogen-bond acceptors (Lipinski definition) is 3. The average molecular weight is 216 g/mol. The SMILES string of the molecule is CNC(=O)c1cc(C#N)ccc1OC1CC1. The summed E-state index contributed by atoms with van der Waals surface area (Å²) in [6.07, 6.45) is 2.30. The zero-order chi connectivity index (χ0) is 11.5. The van der Waals surface area contributed by atoms with E-state index in [1.165, 1.54) is 0 Å². The summed E-state index contributed by atoms with van der Waals surface area (Å²) in [6, 6.07) is 6.90. The van der Waals surface area contributed by atoms with Crippen molar-refractivity contribution < 1.29 is 9.53 Å². The third kappa shape index (κ3) is 2.14. The van der Waals surface area contributed by atoms with Crippen LogP contribution >= 0.6 is 0 Å². The van der Waals surface area contributed by atoms with Gasteiger partial charge in [-0.05, 0) is 31.0 Å². The van der Waals surface area contributed by atoms with Crippen molar-refractivity contribution in [2.45, 2.75) is 18.9 Å². The van der Waals surface area contributed by atoms with Gasteiger partial charge in [-0.3, -0.25) is 4.79 Å². The van der Waals surface area contributed by atoms with Gasteiger partial charge < -0.3 is 10.1 Å². The number of ether oxygens (including phenoxy) is 1. The summed E-state index contributed by atoms with van der Waals surface area (Å²) in [6.45, 7) is 0. The van der Waals surface area contributed by atoms with Crippen LogP contribution < -0.4 is 10.1 Å². The van der Waals surface area contributed by atoms with Gasteiger partial charge in [-0.1, -0.05) is 0 Å². The Kier molecular flexibility index (Phi) is 2.78. The molecule has 0 saturated heterocycles. The van der Waals surface area contributed by atoms with E-state index in [0.29, 0.717) is 16.9 Å². The number of amides is 1. The minimum atomic E-state index is -0.229. The van der Waals surface area contributed by atoms with Gasteiger partial charge >= 0.3 is 0 Å². The molecule has 0 aliphatic heterocycles. The highest BCUT2D eigenvalue weighted by molar-refractivity contribution is 5.97. The van der Waals surface area contributed by atoms with Gasteiger partial charge in [0.15, 0.2) is 0 Å². The summed E-state index contributed by atoms with van der Waals surface area (Å²) in [5, 5.41) is 11.3. The Bertz CT molecular complexity index is 459. The Labute approximate surface area is 93.8 Å². The van der Waals surface area contributed by atoms with Crippen molar-refractivity contribution in [3.05, 3.63) is 29.3 Å². The molecular formula is C12H12N2O2. The lowest BCUT2D eigenvalue weighted by Crippen LogP contribution is -2.19. The van der Waals surface area contributed by atoms with E-state index in [-0.39, 0.29) is 12.0 Å². The molecule has 0 radical (unpaired) electrons. The summed E-state index contributed by atoms with van der Waals surface area (Å²) >= 11 is 0. The Morgan fingerprint density at radius 3 is 2.88 bits per heavy atom. The molecule has 82 valence electrons. The molecule has 1 saturated carbocycles. The second-order valence-corrected chi connectivity index (χ2v) is 3.72. The highest BCUT2D eigenvalue weighted by Gasteiger charge is 2.25. The minimum Gasteiger partial charge on any atom is -0.490 e. The molecule has 4 heteroatoms. The standard InChI is InChI=1S/C12H12N2O2/c1-14-12(15)10-6-8(7-13)2-5-11(10)16-9-3-4-9/h2,5-6,9H,3-4H2,1H3,(H,14,15). The van der Waals surface area contributed by atoms with E-state index in [1.54, 1.807) is 25.2 Å². The lowest BCUT2D eigenvalue weighted by atomic mass is 10.1. The van der Waals surface area contributed by atoms with E-state index in [1.807, 2.05) is 6.07 Å². The normalized spacial score (nSPS) is 14.0. The van der Waals surface area contributed by atoms with Gasteiger partial charge in [0.25, 0.3) is 5.91 Å². The number of nitrogens with zero attached hydrogens (tertiary/aromatic N) is 1. The first-order chi connectivity index (χ1) is 7.74. The smallest absolute Gasteiger partial charge is 0.254 e. The molecule has 2 rings (SSSR count). The third-order valence-electron chi connectivity index (χ3n) is 2.40. The molecule has 16 heavy (non-hydrogen) atoms. The molecular weight excluding hydrogens is 204 g/mol. The summed E-state index contributed by atoms with van der Waals surface area (Å²) < 4.78 is 5.61. The maximum atomic E-state index is 11.6. The van der Waals surface area contributed by atoms with Crippen LogP contribution in [0.3, 0.4) is 0 Å². The van der Waals surface area contributed by atoms with E-state index < -0.39 is 0 Å². The average Bonchev–Trinajstić information content (AvgIpc) is 3.12. The van der Waals surface area contributed by atoms with E-state index in [0.717, 1.165) is 12.8 Å². The number of carbonyl (C=O) groups excluding carboxylic acids is 1. The molecule has 1 N–H and O–H groups in total. The summed E-state index contributed by atoms with van der Waals surface area (Å²) in [5.41, 5.74) is 0.884. The molecule has 0 spiro atoms. The monoisotopic (exact) mass is 216 g/mol. The molecule has 0 aromatic heterocycles. The maximum absolute atomic E-state index is 11.6. The van der Waals surface area contributed by atoms with Crippen LogP contribution in [0.15, 0.2) is 18.2 Å². The van der Waals surface area contributed by atoms with Crippen LogP contribution in [0.5, 0.6) is 5.75 Å². The first-order valence-electron chi connectivity index (χ1n) is 5.17. The predicted octanol–water partition coefficient (Wildman–Crippen LogP) is 1.46. The first kappa shape index (κ1) is 10.5. The minimum absolute atomic E-state index is 0.229. The van der Waals surface area contributed by atoms with E-state index in [9.17, 15) is 4.79 Å². The Morgan fingerprint density at radius 2 is 2.31 bits per heavy atom. The second kappa shape index (κ2) is 4.23. The summed E-state index contributed by atoms with van der Waals surface area (Å²) in [4.78, 5) is 11.6. The van der Waals surface area contributed by atoms with Gasteiger partial charge in [0.1, 0.15) is 5.75 Å². The molecule has 1 aromatic carbocycles. The van der Waals surface area contributed by atoms with Crippen molar-refractivity contribution in [1.82, 2.24) is 5.32 Å². The van der Waals surface area contributed by atoms with Crippen LogP contribution in [-0.4, -0.2) is 19.1 Å². The van der Waals surface area contributed by atoms with E-state index >= 15 is 0 Å². The van der Waals surface area contributed by atoms with Gasteiger partial charge in [0.2, 0.25) is 0 Å². The number of hydrogen-bond donors (Lipinski definition) is 1. The van der Waals surface area contributed by atoms with Crippen molar-refractivity contribution in [2.75, 3.05) is 7.05 Å². The van der Waals surface area contributed by atoms with Crippen molar-refractivity contribution in [2.24, 2.45) is 0 Å². The molecule has 1 fully saturated rings. The van der Waals surface area contributed by atoms with Crippen molar-refractivity contribution in [3.8, 4) is 11.8 Å². The lowest BCUT2D eigenvalue weighted by Gasteiger charge is -2.09. The van der Waals surface area contributed by atoms with Crippen LogP contribution in [0.25, 0.3) is 0 Å². The quantitative estimate of drug-likeness (QED) is 0.832. The Morgan fingerprint density at radius 1 is 1.56 bits per heavy atom. The van der Waals surface area contributed by atoms with E-state index in [2.05, 4.69) is 5.32 Å². The second-order valence-electron chi connectivity index (χ2n) is 3.72. The Balaban J connectivity index is 2.34. The van der Waals surface area contributed by atoms with Crippen molar-refractivity contribution in [1.29, 1.82) is 5.26 Å². The highest BCUT2D eigenvalue weighted by Crippen LogP contribution is 2.29. The number of nitrogens with one attached hydrogen (secondary N) is 1. The van der Waals surface area contributed by atoms with Crippen LogP contribution in [0.2, 0.25) is 0 Å². The van der Waals surface area contributed by atoms with E-state index in [4.69, 9.17) is 10.00 Å². The molecule has 4 nitrogen and oxygen atoms in total. The van der Waals surface area contributed by atoms with Gasteiger partial charge in [0, 0.05) is 7.05 Å². The fraction of sp³-hybridized carbons (Fsp3) is 0.333. The fourth-order valence-corrected chi connectivity index (χ4v) is 1.38. The predicted molar refractivity (Wildman–Crippen MR) is 58.2 cm³/mol. The molecule has 0 atom stereocenters. The zero-order valence-electron chi connectivity index (χ0n) is 8.99. The van der Waals surface area contributed by atoms with Crippen molar-refractivity contribution >= 4 is 5.91 Å². The van der Waals surface area contributed by atoms with Crippen molar-refractivity contribution in [3.63, 3.8) is 0 Å². The fourth-order valence-electron chi connectivity index (χ4n) is 1.38. The summed E-state index contributed by atoms with van der Waals surface area (Å²) in [5.74, 6) is 0.327. The number of nitriles is 1. The number of benzene rings is 1. The molecule has 0 bridgehead atoms. The third-order valence-corrected chi connectivity index (χ3v) is 2.40. The molecule has 1 aliphatic carbocycles. The molecule has 1 aromatic rings. The van der Waals surface area contributed by atoms with Gasteiger partial charge in [0.05, 0.1) is 23.3 Å². The number of rotatable bonds is 3. The number of carbonyl (C=O) groups is 1. The van der Waals surface area contributed by atoms with Crippen LogP contribution in [0.1, 0.15) is 28.8 Å². The molecule has 0 unspecified atom stereocenters. The largest absolute Gasteiger partial charge is 0.490 e. The maximum Gasteiger partial charge on any atom is 0.254 e. The molecule has 1 aliphatic rings. The Hall–Kier alpha value is -2.02. The van der Waals surface area contributed by atoms with Gasteiger partial charge in [-0.25, -0.2) is 0 Å². The lowest BCUT2D eigenvalue weighted by molar-refractivity contribution is 0.0958.